The summed E-state index contributed by atoms with van der Waals surface area (Å²) in [6.07, 6.45) is -60.9. The van der Waals surface area contributed by atoms with Gasteiger partial charge in [-0.3, -0.25) is 4.79 Å². The minimum Gasteiger partial charge on any atom is -0.790 e. The summed E-state index contributed by atoms with van der Waals surface area (Å²) in [6.45, 7) is -6.40. The zero-order valence-corrected chi connectivity index (χ0v) is 41.3. The monoisotopic (exact) mass is 1170 g/mol. The summed E-state index contributed by atoms with van der Waals surface area (Å²) in [5.41, 5.74) is 0. The topological polar surface area (TPSA) is 597 Å². The molecule has 0 aromatic carbocycles. The van der Waals surface area contributed by atoms with Gasteiger partial charge in [-0.15, -0.1) is 0 Å². The summed E-state index contributed by atoms with van der Waals surface area (Å²) < 4.78 is 82.6. The Balaban J connectivity index is 1.19. The lowest BCUT2D eigenvalue weighted by Crippen LogP contribution is -2.67. The maximum Gasteiger partial charge on any atom is 0.303 e. The van der Waals surface area contributed by atoms with Crippen LogP contribution >= 0.6 is 7.82 Å². The highest BCUT2D eigenvalue weighted by molar-refractivity contribution is 7.43. The summed E-state index contributed by atoms with van der Waals surface area (Å²) in [6, 6.07) is 0. The van der Waals surface area contributed by atoms with Gasteiger partial charge in [-0.1, -0.05) is 0 Å². The number of ether oxygens (including phenoxy) is 12. The molecule has 12 unspecified atom stereocenters. The average molecular weight is 1170 g/mol. The van der Waals surface area contributed by atoms with E-state index in [1.807, 2.05) is 0 Å². The highest BCUT2D eigenvalue weighted by Crippen LogP contribution is 2.36. The molecule has 6 heterocycles. The fourth-order valence-corrected chi connectivity index (χ4v) is 9.34. The van der Waals surface area contributed by atoms with Crippen LogP contribution in [-0.2, 0) is 75.6 Å². The van der Waals surface area contributed by atoms with Gasteiger partial charge in [-0.2, -0.15) is 0 Å². The van der Waals surface area contributed by atoms with Crippen molar-refractivity contribution in [2.45, 2.75) is 197 Å². The second-order valence-corrected chi connectivity index (χ2v) is 20.0. The Morgan fingerprint density at radius 3 is 1.26 bits per heavy atom. The number of hydrogen-bond donors (Lipinski definition) is 18. The number of aliphatic carboxylic acids is 1. The molecule has 0 aliphatic carbocycles. The normalized spacial score (nSPS) is 47.7. The Bertz CT molecular complexity index is 1880. The van der Waals surface area contributed by atoms with E-state index in [2.05, 4.69) is 9.41 Å². The molecule has 30 atom stereocenters. The molecule has 0 saturated carbocycles. The van der Waals surface area contributed by atoms with Crippen LogP contribution < -0.4 is 15.0 Å². The quantitative estimate of drug-likeness (QED) is 0.0185. The predicted molar refractivity (Wildman–Crippen MR) is 225 cm³/mol. The molecule has 0 bridgehead atoms. The maximum absolute atomic E-state index is 11.7. The molecule has 0 spiro atoms. The molecule has 6 aliphatic rings. The third-order valence-corrected chi connectivity index (χ3v) is 13.9. The lowest BCUT2D eigenvalue weighted by atomic mass is 9.96. The minimum absolute atomic E-state index is 0.189. The van der Waals surface area contributed by atoms with E-state index < -0.39 is 251 Å². The van der Waals surface area contributed by atoms with E-state index in [0.717, 1.165) is 0 Å². The molecule has 78 heavy (non-hydrogen) atoms. The van der Waals surface area contributed by atoms with Crippen LogP contribution in [0.2, 0.25) is 0 Å². The summed E-state index contributed by atoms with van der Waals surface area (Å²) in [5.74, 6) is -1.25. The number of carboxylic acids is 1. The van der Waals surface area contributed by atoms with Crippen molar-refractivity contribution in [1.82, 2.24) is 0 Å². The van der Waals surface area contributed by atoms with Crippen LogP contribution in [0.15, 0.2) is 0 Å². The highest BCUT2D eigenvalue weighted by Gasteiger charge is 2.56. The Morgan fingerprint density at radius 1 is 0.410 bits per heavy atom. The zero-order chi connectivity index (χ0) is 57.7. The number of phosphoric acid groups is 1. The van der Waals surface area contributed by atoms with E-state index in [4.69, 9.17) is 61.9 Å². The van der Waals surface area contributed by atoms with Gasteiger partial charge in [0.2, 0.25) is 0 Å². The molecule has 6 fully saturated rings. The molecule has 6 rings (SSSR count). The van der Waals surface area contributed by atoms with Crippen molar-refractivity contribution in [3.63, 3.8) is 0 Å². The van der Waals surface area contributed by atoms with Crippen LogP contribution in [0.3, 0.4) is 0 Å². The highest BCUT2D eigenvalue weighted by atomic mass is 31.2. The Hall–Kier alpha value is -1.66. The molecule has 0 aromatic heterocycles. The Kier molecular flexibility index (Phi) is 24.1. The van der Waals surface area contributed by atoms with Gasteiger partial charge in [0.05, 0.1) is 54.1 Å². The smallest absolute Gasteiger partial charge is 0.303 e. The largest absolute Gasteiger partial charge is 0.790 e. The van der Waals surface area contributed by atoms with Crippen LogP contribution in [0.25, 0.3) is 0 Å². The molecule has 456 valence electrons. The van der Waals surface area contributed by atoms with E-state index >= 15 is 0 Å². The molecule has 18 N–H and O–H groups in total. The first-order valence-corrected chi connectivity index (χ1v) is 25.5. The summed E-state index contributed by atoms with van der Waals surface area (Å²) >= 11 is 0. The molecule has 38 heteroatoms. The standard InChI is InChI=1S/C40H69O37P/c41-4-10-17(45)26(54)33(76-37-29(57)24(52)20(48)14(73-37)8-67-60)39(69-10)66-6-12-19(47)23(51)28(56)35(71-12)65-7-13-22(50)32(31(59)36(72-13)64-3-1-2-16(43)44)75-40-34(27(55)18(46)11(5-42)70-40)77-38-30(58)25(53)21(49)15(74-38)9-68-78(61,62)63/h10-15,17-42,45-60H,1-9H2,(H,43,44)(H2,61,62,63)/p-3/t10?,11?,12?,13?,14?,15?,17-,18-,19-,20-,21-,22-,23+,24+,25+,26+,27+,28?,29?,30?,31?,32+,33?,34?,35+,36-,37+,38-,39+,40-/m1/s1. The second kappa shape index (κ2) is 28.8. The van der Waals surface area contributed by atoms with Crippen molar-refractivity contribution in [2.24, 2.45) is 0 Å². The molecule has 37 nitrogen and oxygen atoms in total. The van der Waals surface area contributed by atoms with Crippen molar-refractivity contribution in [1.29, 1.82) is 0 Å². The molecule has 6 saturated heterocycles. The van der Waals surface area contributed by atoms with E-state index in [-0.39, 0.29) is 6.42 Å². The molecule has 0 radical (unpaired) electrons. The first-order chi connectivity index (χ1) is 36.7. The molecule has 6 aliphatic heterocycles. The fourth-order valence-electron chi connectivity index (χ4n) is 9.01. The van der Waals surface area contributed by atoms with Crippen LogP contribution in [0.1, 0.15) is 12.8 Å². The molecular formula is C40H66O37P-3. The minimum atomic E-state index is -5.71. The first-order valence-electron chi connectivity index (χ1n) is 24.0. The number of phosphoric ester groups is 1. The van der Waals surface area contributed by atoms with Crippen LogP contribution in [0.5, 0.6) is 0 Å². The predicted octanol–water partition coefficient (Wildman–Crippen LogP) is -15.1. The number of aliphatic hydroxyl groups is 17. The van der Waals surface area contributed by atoms with Crippen molar-refractivity contribution < 1.29 is 183 Å². The molecular weight excluding hydrogens is 1100 g/mol. The van der Waals surface area contributed by atoms with E-state index in [9.17, 15) is 111 Å². The SMILES string of the molecule is O=C(O)CCCO[C@@H]1OC(CO[C@H]2OC(CO[C@H]3OC(CO)[C@@H](O)[C@H](O)C3O[C@@H]3OC(CO[O-])[C@@H](O)[C@H](O)C3O)[C@@H](O)[C@H](O)C2O)[C@@H](O)[C@H](O[C@H]2OC(CO)[C@@H](O)[C@H](O)C2O[C@H]2OC(COP(=O)([O-])[O-])[C@@H](O)[C@H](O)C2O)C1O. The van der Waals surface area contributed by atoms with E-state index in [1.54, 1.807) is 0 Å². The number of carboxylic acid groups (broad SMARTS) is 1. The van der Waals surface area contributed by atoms with Gasteiger partial charge in [0.1, 0.15) is 146 Å². The zero-order valence-electron chi connectivity index (χ0n) is 40.4. The van der Waals surface area contributed by atoms with Crippen molar-refractivity contribution in [2.75, 3.05) is 46.2 Å². The van der Waals surface area contributed by atoms with Crippen LogP contribution in [0.4, 0.5) is 0 Å². The van der Waals surface area contributed by atoms with Crippen LogP contribution in [0, 0.1) is 0 Å². The van der Waals surface area contributed by atoms with Crippen molar-refractivity contribution >= 4 is 13.8 Å². The van der Waals surface area contributed by atoms with Gasteiger partial charge in [-0.25, -0.2) is 0 Å². The van der Waals surface area contributed by atoms with Gasteiger partial charge >= 0.3 is 5.97 Å². The summed E-state index contributed by atoms with van der Waals surface area (Å²) in [4.78, 5) is 37.2. The lowest BCUT2D eigenvalue weighted by molar-refractivity contribution is -0.692. The number of rotatable bonds is 24. The van der Waals surface area contributed by atoms with Gasteiger partial charge in [-0.05, 0) is 6.42 Å². The van der Waals surface area contributed by atoms with Gasteiger partial charge in [0.15, 0.2) is 37.7 Å². The van der Waals surface area contributed by atoms with Gasteiger partial charge in [0.25, 0.3) is 0 Å². The number of aliphatic hydroxyl groups excluding tert-OH is 17. The third kappa shape index (κ3) is 15.6. The number of carbonyl (C=O) groups is 1. The second-order valence-electron chi connectivity index (χ2n) is 18.8. The summed E-state index contributed by atoms with van der Waals surface area (Å²) in [7, 11) is -5.71. The summed E-state index contributed by atoms with van der Waals surface area (Å²) in [5, 5.41) is 202. The van der Waals surface area contributed by atoms with Gasteiger partial charge < -0.3 is 178 Å². The van der Waals surface area contributed by atoms with Gasteiger partial charge in [0, 0.05) is 6.42 Å². The molecule has 0 amide bonds. The third-order valence-electron chi connectivity index (χ3n) is 13.5. The fraction of sp³-hybridized carbons (Fsp3) is 0.975. The molecule has 0 aromatic rings. The Labute approximate surface area is 439 Å². The van der Waals surface area contributed by atoms with Crippen molar-refractivity contribution in [3.8, 4) is 0 Å². The van der Waals surface area contributed by atoms with Crippen LogP contribution in [-0.4, -0.2) is 328 Å². The Morgan fingerprint density at radius 2 is 0.782 bits per heavy atom. The number of hydrogen-bond acceptors (Lipinski definition) is 36. The van der Waals surface area contributed by atoms with Crippen molar-refractivity contribution in [3.05, 3.63) is 0 Å². The van der Waals surface area contributed by atoms with E-state index in [0.29, 0.717) is 0 Å². The lowest BCUT2D eigenvalue weighted by Gasteiger charge is -2.49. The first kappa shape index (κ1) is 65.5. The van der Waals surface area contributed by atoms with E-state index in [1.165, 1.54) is 0 Å². The maximum atomic E-state index is 11.7. The average Bonchev–Trinajstić information content (AvgIpc) is 3.45.